The molecule has 0 unspecified atom stereocenters. The van der Waals surface area contributed by atoms with Gasteiger partial charge in [0, 0.05) is 51.6 Å². The molecule has 200 valence electrons. The minimum Gasteiger partial charge on any atom is -0.487 e. The number of ether oxygens (including phenoxy) is 2. The summed E-state index contributed by atoms with van der Waals surface area (Å²) in [6, 6.07) is 10.6. The standard InChI is InChI=1S/C28H32ClN5O4/c1-20(35)32-11-6-24(7-12-32)38-25-8-13-33(14-9-25)27-5-4-23(18-31-27)34-15-10-26(16-28(34)36)37-19-22-3-2-21(29)17-30-22/h2-5,10,15-18,24-25H,6-9,11-14,19H2,1H3. The first kappa shape index (κ1) is 26.2. The number of hydrogen-bond acceptors (Lipinski definition) is 7. The third kappa shape index (κ3) is 6.52. The van der Waals surface area contributed by atoms with Crippen LogP contribution in [0.1, 0.15) is 38.3 Å². The normalized spacial score (nSPS) is 17.0. The van der Waals surface area contributed by atoms with Crippen LogP contribution in [0, 0.1) is 0 Å². The molecule has 5 heterocycles. The van der Waals surface area contributed by atoms with Crippen molar-refractivity contribution in [2.24, 2.45) is 0 Å². The van der Waals surface area contributed by atoms with Gasteiger partial charge in [-0.05, 0) is 56.0 Å². The second kappa shape index (κ2) is 12.0. The molecular weight excluding hydrogens is 506 g/mol. The number of halogens is 1. The summed E-state index contributed by atoms with van der Waals surface area (Å²) in [5.74, 6) is 1.52. The van der Waals surface area contributed by atoms with E-state index in [0.29, 0.717) is 16.5 Å². The lowest BCUT2D eigenvalue weighted by atomic mass is 10.0. The van der Waals surface area contributed by atoms with E-state index < -0.39 is 0 Å². The van der Waals surface area contributed by atoms with E-state index in [1.54, 1.807) is 48.3 Å². The highest BCUT2D eigenvalue weighted by molar-refractivity contribution is 6.30. The smallest absolute Gasteiger partial charge is 0.258 e. The number of piperidine rings is 2. The Balaban J connectivity index is 1.12. The van der Waals surface area contributed by atoms with Gasteiger partial charge in [-0.25, -0.2) is 4.98 Å². The lowest BCUT2D eigenvalue weighted by molar-refractivity contribution is -0.132. The molecule has 5 rings (SSSR count). The third-order valence-corrected chi connectivity index (χ3v) is 7.34. The van der Waals surface area contributed by atoms with E-state index in [0.717, 1.165) is 63.4 Å². The van der Waals surface area contributed by atoms with Crippen LogP contribution in [0.3, 0.4) is 0 Å². The van der Waals surface area contributed by atoms with E-state index >= 15 is 0 Å². The summed E-state index contributed by atoms with van der Waals surface area (Å²) in [4.78, 5) is 37.2. The molecule has 0 saturated carbocycles. The largest absolute Gasteiger partial charge is 0.487 e. The molecule has 9 nitrogen and oxygen atoms in total. The van der Waals surface area contributed by atoms with Crippen molar-refractivity contribution < 1.29 is 14.3 Å². The van der Waals surface area contributed by atoms with Crippen molar-refractivity contribution in [2.45, 2.75) is 51.4 Å². The summed E-state index contributed by atoms with van der Waals surface area (Å²) < 4.78 is 13.6. The Morgan fingerprint density at radius 1 is 0.974 bits per heavy atom. The van der Waals surface area contributed by atoms with Crippen molar-refractivity contribution in [3.8, 4) is 11.4 Å². The van der Waals surface area contributed by atoms with E-state index in [9.17, 15) is 9.59 Å². The molecule has 2 fully saturated rings. The fourth-order valence-corrected chi connectivity index (χ4v) is 5.03. The number of carbonyl (C=O) groups is 1. The summed E-state index contributed by atoms with van der Waals surface area (Å²) in [6.45, 7) is 5.20. The second-order valence-electron chi connectivity index (χ2n) is 9.73. The number of anilines is 1. The zero-order chi connectivity index (χ0) is 26.5. The van der Waals surface area contributed by atoms with Crippen molar-refractivity contribution in [3.05, 3.63) is 76.1 Å². The van der Waals surface area contributed by atoms with E-state index in [1.807, 2.05) is 17.0 Å². The SMILES string of the molecule is CC(=O)N1CCC(OC2CCN(c3ccc(-n4ccc(OCc5ccc(Cl)cn5)cc4=O)cn3)CC2)CC1. The van der Waals surface area contributed by atoms with Gasteiger partial charge in [0.05, 0.1) is 34.8 Å². The minimum absolute atomic E-state index is 0.147. The lowest BCUT2D eigenvalue weighted by Crippen LogP contribution is -2.43. The highest BCUT2D eigenvalue weighted by Gasteiger charge is 2.27. The number of hydrogen-bond donors (Lipinski definition) is 0. The van der Waals surface area contributed by atoms with Crippen molar-refractivity contribution in [3.63, 3.8) is 0 Å². The number of likely N-dealkylation sites (tertiary alicyclic amines) is 1. The number of carbonyl (C=O) groups excluding carboxylic acids is 1. The fourth-order valence-electron chi connectivity index (χ4n) is 4.92. The topological polar surface area (TPSA) is 89.8 Å². The Labute approximate surface area is 227 Å². The van der Waals surface area contributed by atoms with Gasteiger partial charge in [0.2, 0.25) is 5.91 Å². The van der Waals surface area contributed by atoms with Crippen molar-refractivity contribution in [2.75, 3.05) is 31.1 Å². The molecule has 0 aliphatic carbocycles. The minimum atomic E-state index is -0.201. The maximum absolute atomic E-state index is 12.7. The average molecular weight is 538 g/mol. The highest BCUT2D eigenvalue weighted by atomic mass is 35.5. The van der Waals surface area contributed by atoms with Gasteiger partial charge in [0.15, 0.2) is 0 Å². The van der Waals surface area contributed by atoms with Gasteiger partial charge in [-0.3, -0.25) is 19.1 Å². The van der Waals surface area contributed by atoms with Gasteiger partial charge in [-0.2, -0.15) is 0 Å². The maximum atomic E-state index is 12.7. The summed E-state index contributed by atoms with van der Waals surface area (Å²) >= 11 is 5.86. The van der Waals surface area contributed by atoms with E-state index in [1.165, 1.54) is 6.07 Å². The number of amides is 1. The molecule has 2 aliphatic rings. The van der Waals surface area contributed by atoms with Crippen molar-refractivity contribution in [1.29, 1.82) is 0 Å². The van der Waals surface area contributed by atoms with Crippen LogP contribution in [0.4, 0.5) is 5.82 Å². The van der Waals surface area contributed by atoms with Crippen molar-refractivity contribution in [1.82, 2.24) is 19.4 Å². The fraction of sp³-hybridized carbons (Fsp3) is 0.429. The Morgan fingerprint density at radius 3 is 2.32 bits per heavy atom. The van der Waals surface area contributed by atoms with Crippen LogP contribution in [-0.2, 0) is 16.1 Å². The van der Waals surface area contributed by atoms with Crippen LogP contribution in [0.2, 0.25) is 5.02 Å². The van der Waals surface area contributed by atoms with Gasteiger partial charge >= 0.3 is 0 Å². The van der Waals surface area contributed by atoms with Gasteiger partial charge in [-0.15, -0.1) is 0 Å². The molecular formula is C28H32ClN5O4. The Bertz CT molecular complexity index is 1280. The number of nitrogens with zero attached hydrogens (tertiary/aromatic N) is 5. The summed E-state index contributed by atoms with van der Waals surface area (Å²) in [5, 5.41) is 0.563. The Morgan fingerprint density at radius 2 is 1.71 bits per heavy atom. The molecule has 0 radical (unpaired) electrons. The number of rotatable bonds is 7. The second-order valence-corrected chi connectivity index (χ2v) is 10.2. The molecule has 0 aromatic carbocycles. The monoisotopic (exact) mass is 537 g/mol. The molecule has 3 aromatic heterocycles. The van der Waals surface area contributed by atoms with Crippen LogP contribution in [0.5, 0.6) is 5.75 Å². The van der Waals surface area contributed by atoms with E-state index in [2.05, 4.69) is 14.9 Å². The predicted molar refractivity (Wildman–Crippen MR) is 145 cm³/mol. The predicted octanol–water partition coefficient (Wildman–Crippen LogP) is 3.86. The van der Waals surface area contributed by atoms with Crippen molar-refractivity contribution >= 4 is 23.3 Å². The molecule has 1 amide bonds. The maximum Gasteiger partial charge on any atom is 0.258 e. The van der Waals surface area contributed by atoms with Gasteiger partial charge in [0.25, 0.3) is 5.56 Å². The molecule has 38 heavy (non-hydrogen) atoms. The first-order valence-electron chi connectivity index (χ1n) is 13.0. The van der Waals surface area contributed by atoms with Crippen LogP contribution in [0.15, 0.2) is 59.8 Å². The molecule has 0 N–H and O–H groups in total. The molecule has 0 spiro atoms. The van der Waals surface area contributed by atoms with Crippen LogP contribution in [0.25, 0.3) is 5.69 Å². The van der Waals surface area contributed by atoms with Gasteiger partial charge in [-0.1, -0.05) is 11.6 Å². The first-order valence-corrected chi connectivity index (χ1v) is 13.4. The lowest BCUT2D eigenvalue weighted by Gasteiger charge is -2.37. The molecule has 0 atom stereocenters. The van der Waals surface area contributed by atoms with Crippen LogP contribution in [-0.4, -0.2) is 63.7 Å². The molecule has 2 aliphatic heterocycles. The van der Waals surface area contributed by atoms with E-state index in [4.69, 9.17) is 21.1 Å². The van der Waals surface area contributed by atoms with Gasteiger partial charge < -0.3 is 19.3 Å². The molecule has 0 bridgehead atoms. The average Bonchev–Trinajstić information content (AvgIpc) is 2.94. The van der Waals surface area contributed by atoms with Gasteiger partial charge in [0.1, 0.15) is 18.2 Å². The summed E-state index contributed by atoms with van der Waals surface area (Å²) in [6.07, 6.45) is 9.17. The summed E-state index contributed by atoms with van der Waals surface area (Å²) in [5.41, 5.74) is 1.22. The summed E-state index contributed by atoms with van der Waals surface area (Å²) in [7, 11) is 0. The quantitative estimate of drug-likeness (QED) is 0.452. The van der Waals surface area contributed by atoms with Crippen LogP contribution < -0.4 is 15.2 Å². The highest BCUT2D eigenvalue weighted by Crippen LogP contribution is 2.24. The Kier molecular flexibility index (Phi) is 8.24. The number of pyridine rings is 3. The first-order chi connectivity index (χ1) is 18.4. The van der Waals surface area contributed by atoms with Crippen LogP contribution >= 0.6 is 11.6 Å². The van der Waals surface area contributed by atoms with E-state index in [-0.39, 0.29) is 30.3 Å². The Hall–Kier alpha value is -3.43. The zero-order valence-electron chi connectivity index (χ0n) is 21.5. The molecule has 2 saturated heterocycles. The third-order valence-electron chi connectivity index (χ3n) is 7.12. The molecule has 3 aromatic rings. The zero-order valence-corrected chi connectivity index (χ0v) is 22.2. The molecule has 10 heteroatoms. The number of aromatic nitrogens is 3.